The summed E-state index contributed by atoms with van der Waals surface area (Å²) in [6, 6.07) is 0. The first-order chi connectivity index (χ1) is 26.8. The zero-order valence-corrected chi connectivity index (χ0v) is 35.0. The van der Waals surface area contributed by atoms with Crippen LogP contribution in [-0.2, 0) is 27.9 Å². The van der Waals surface area contributed by atoms with Crippen molar-refractivity contribution in [1.29, 1.82) is 0 Å². The van der Waals surface area contributed by atoms with E-state index >= 15 is 0 Å². The van der Waals surface area contributed by atoms with Crippen molar-refractivity contribution in [2.45, 2.75) is 148 Å². The fourth-order valence-electron chi connectivity index (χ4n) is 4.86. The van der Waals surface area contributed by atoms with Gasteiger partial charge in [-0.2, -0.15) is 0 Å². The van der Waals surface area contributed by atoms with Gasteiger partial charge in [0.15, 0.2) is 0 Å². The van der Waals surface area contributed by atoms with Gasteiger partial charge in [0.05, 0.1) is 26.4 Å². The van der Waals surface area contributed by atoms with Gasteiger partial charge in [-0.15, -0.1) is 0 Å². The molecule has 0 saturated carbocycles. The maximum Gasteiger partial charge on any atom is 0.472 e. The lowest BCUT2D eigenvalue weighted by Crippen LogP contribution is -2.29. The SMILES string of the molecule is CC/C=C\C/C=C\C/C=C\C/C=C\C/C=C\C/C=C\CCCOCC(COP(=O)(O)OCC(O)CO)OC(=O)CCCCCCC/C=C\C/C=C\CCCC. The van der Waals surface area contributed by atoms with Crippen molar-refractivity contribution in [3.05, 3.63) is 97.2 Å². The monoisotopic (exact) mass is 791 g/mol. The van der Waals surface area contributed by atoms with Crippen LogP contribution in [0.2, 0.25) is 0 Å². The summed E-state index contributed by atoms with van der Waals surface area (Å²) in [5.74, 6) is -0.422. The zero-order valence-electron chi connectivity index (χ0n) is 34.1. The summed E-state index contributed by atoms with van der Waals surface area (Å²) in [6.07, 6.45) is 50.9. The average molecular weight is 791 g/mol. The molecule has 0 spiro atoms. The van der Waals surface area contributed by atoms with Crippen LogP contribution in [0.25, 0.3) is 0 Å². The molecule has 10 heteroatoms. The quantitative estimate of drug-likeness (QED) is 0.0242. The maximum atomic E-state index is 12.6. The molecule has 0 aromatic heterocycles. The number of rotatable bonds is 38. The van der Waals surface area contributed by atoms with Crippen LogP contribution in [0, 0.1) is 0 Å². The molecule has 0 radical (unpaired) electrons. The third-order valence-electron chi connectivity index (χ3n) is 8.00. The van der Waals surface area contributed by atoms with E-state index in [0.29, 0.717) is 13.0 Å². The van der Waals surface area contributed by atoms with Crippen molar-refractivity contribution in [2.75, 3.05) is 33.0 Å². The summed E-state index contributed by atoms with van der Waals surface area (Å²) in [6.45, 7) is 3.15. The summed E-state index contributed by atoms with van der Waals surface area (Å²) in [7, 11) is -4.54. The smallest absolute Gasteiger partial charge is 0.457 e. The molecule has 0 aromatic rings. The average Bonchev–Trinajstić information content (AvgIpc) is 3.18. The van der Waals surface area contributed by atoms with Crippen LogP contribution in [0.5, 0.6) is 0 Å². The lowest BCUT2D eigenvalue weighted by Gasteiger charge is -2.20. The van der Waals surface area contributed by atoms with Gasteiger partial charge in [0.1, 0.15) is 12.2 Å². The molecule has 3 N–H and O–H groups in total. The van der Waals surface area contributed by atoms with E-state index in [1.54, 1.807) is 0 Å². The van der Waals surface area contributed by atoms with E-state index in [4.69, 9.17) is 23.6 Å². The number of phosphoric ester groups is 1. The highest BCUT2D eigenvalue weighted by molar-refractivity contribution is 7.47. The molecule has 0 aliphatic rings. The van der Waals surface area contributed by atoms with E-state index in [1.807, 2.05) is 0 Å². The fraction of sp³-hybridized carbons (Fsp3) is 0.622. The summed E-state index contributed by atoms with van der Waals surface area (Å²) in [5, 5.41) is 18.3. The van der Waals surface area contributed by atoms with Crippen molar-refractivity contribution in [3.8, 4) is 0 Å². The van der Waals surface area contributed by atoms with Crippen LogP contribution in [-0.4, -0.2) is 66.3 Å². The Morgan fingerprint density at radius 2 is 1.04 bits per heavy atom. The normalized spacial score (nSPS) is 15.1. The first-order valence-corrected chi connectivity index (χ1v) is 22.2. The second-order valence-electron chi connectivity index (χ2n) is 13.3. The Morgan fingerprint density at radius 3 is 1.56 bits per heavy atom. The van der Waals surface area contributed by atoms with Crippen molar-refractivity contribution in [3.63, 3.8) is 0 Å². The van der Waals surface area contributed by atoms with Gasteiger partial charge >= 0.3 is 13.8 Å². The molecule has 0 amide bonds. The molecule has 0 aliphatic heterocycles. The third-order valence-corrected chi connectivity index (χ3v) is 8.95. The first kappa shape index (κ1) is 52.4. The maximum absolute atomic E-state index is 12.6. The molecule has 3 atom stereocenters. The van der Waals surface area contributed by atoms with Crippen molar-refractivity contribution >= 4 is 13.8 Å². The predicted molar refractivity (Wildman–Crippen MR) is 228 cm³/mol. The Labute approximate surface area is 334 Å². The van der Waals surface area contributed by atoms with Crippen LogP contribution >= 0.6 is 7.82 Å². The van der Waals surface area contributed by atoms with Crippen LogP contribution in [0.1, 0.15) is 136 Å². The zero-order chi connectivity index (χ0) is 40.3. The van der Waals surface area contributed by atoms with Gasteiger partial charge in [0.2, 0.25) is 0 Å². The Kier molecular flexibility index (Phi) is 39.1. The molecule has 55 heavy (non-hydrogen) atoms. The minimum absolute atomic E-state index is 0.00317. The lowest BCUT2D eigenvalue weighted by molar-refractivity contribution is -0.154. The van der Waals surface area contributed by atoms with Gasteiger partial charge in [-0.05, 0) is 83.5 Å². The van der Waals surface area contributed by atoms with Gasteiger partial charge in [-0.1, -0.05) is 143 Å². The number of hydrogen-bond donors (Lipinski definition) is 3. The van der Waals surface area contributed by atoms with Crippen LogP contribution < -0.4 is 0 Å². The van der Waals surface area contributed by atoms with Crippen molar-refractivity contribution in [1.82, 2.24) is 0 Å². The van der Waals surface area contributed by atoms with Gasteiger partial charge in [0.25, 0.3) is 0 Å². The largest absolute Gasteiger partial charge is 0.472 e. The summed E-state index contributed by atoms with van der Waals surface area (Å²) < 4.78 is 33.2. The standard InChI is InChI=1S/C45H75O9P/c1-3-5-7-9-11-13-15-17-19-20-21-22-23-24-26-28-30-32-34-36-38-51-41-44(42-53-55(49,50)52-40-43(47)39-46)54-45(48)37-35-33-31-29-27-25-18-16-14-12-10-8-6-4-2/h5,7,10-13,16-19,21-22,24,26,30,32,43-44,46-47H,3-4,6,8-9,14-15,20,23,25,27-29,31,33-42H2,1-2H3,(H,49,50)/b7-5-,12-10-,13-11-,18-16-,19-17-,22-21-,26-24-,32-30-. The third kappa shape index (κ3) is 40.8. The highest BCUT2D eigenvalue weighted by Crippen LogP contribution is 2.43. The summed E-state index contributed by atoms with van der Waals surface area (Å²) in [5.41, 5.74) is 0. The van der Waals surface area contributed by atoms with Crippen LogP contribution in [0.4, 0.5) is 0 Å². The molecule has 0 fully saturated rings. The number of ether oxygens (including phenoxy) is 2. The van der Waals surface area contributed by atoms with Gasteiger partial charge in [-0.25, -0.2) is 4.57 Å². The Bertz CT molecular complexity index is 1170. The topological polar surface area (TPSA) is 132 Å². The van der Waals surface area contributed by atoms with Gasteiger partial charge < -0.3 is 24.6 Å². The number of esters is 1. The molecule has 0 heterocycles. The molecule has 0 aromatic carbocycles. The Morgan fingerprint density at radius 1 is 0.582 bits per heavy atom. The second kappa shape index (κ2) is 41.0. The van der Waals surface area contributed by atoms with Gasteiger partial charge in [-0.3, -0.25) is 13.8 Å². The number of aliphatic hydroxyl groups excluding tert-OH is 2. The molecular weight excluding hydrogens is 715 g/mol. The van der Waals surface area contributed by atoms with E-state index in [2.05, 4.69) is 111 Å². The Balaban J connectivity index is 4.35. The molecule has 314 valence electrons. The highest BCUT2D eigenvalue weighted by atomic mass is 31.2. The molecule has 0 bridgehead atoms. The second-order valence-corrected chi connectivity index (χ2v) is 14.7. The van der Waals surface area contributed by atoms with E-state index in [0.717, 1.165) is 96.3 Å². The van der Waals surface area contributed by atoms with Crippen molar-refractivity contribution < 1.29 is 43.0 Å². The van der Waals surface area contributed by atoms with E-state index in [-0.39, 0.29) is 13.0 Å². The summed E-state index contributed by atoms with van der Waals surface area (Å²) >= 11 is 0. The predicted octanol–water partition coefficient (Wildman–Crippen LogP) is 11.3. The van der Waals surface area contributed by atoms with E-state index < -0.39 is 45.8 Å². The fourth-order valence-corrected chi connectivity index (χ4v) is 5.65. The van der Waals surface area contributed by atoms with Gasteiger partial charge in [0, 0.05) is 13.0 Å². The number of phosphoric acid groups is 1. The van der Waals surface area contributed by atoms with Crippen LogP contribution in [0.3, 0.4) is 0 Å². The molecule has 3 unspecified atom stereocenters. The number of carbonyl (C=O) groups excluding carboxylic acids is 1. The number of aliphatic hydroxyl groups is 2. The molecular formula is C45H75O9P. The minimum atomic E-state index is -4.54. The first-order valence-electron chi connectivity index (χ1n) is 20.7. The Hall–Kier alpha value is -2.62. The number of allylic oxidation sites excluding steroid dienone is 16. The van der Waals surface area contributed by atoms with Crippen molar-refractivity contribution in [2.24, 2.45) is 0 Å². The minimum Gasteiger partial charge on any atom is -0.457 e. The number of unbranched alkanes of at least 4 members (excludes halogenated alkanes) is 8. The summed E-state index contributed by atoms with van der Waals surface area (Å²) in [4.78, 5) is 22.5. The van der Waals surface area contributed by atoms with E-state index in [9.17, 15) is 19.4 Å². The molecule has 0 rings (SSSR count). The van der Waals surface area contributed by atoms with E-state index in [1.165, 1.54) is 12.8 Å². The molecule has 0 saturated heterocycles. The lowest BCUT2D eigenvalue weighted by atomic mass is 10.1. The molecule has 0 aliphatic carbocycles. The highest BCUT2D eigenvalue weighted by Gasteiger charge is 2.26. The molecule has 9 nitrogen and oxygen atoms in total. The number of hydrogen-bond acceptors (Lipinski definition) is 8. The van der Waals surface area contributed by atoms with Crippen LogP contribution in [0.15, 0.2) is 97.2 Å². The number of carbonyl (C=O) groups is 1.